The Morgan fingerprint density at radius 2 is 1.92 bits per heavy atom. The van der Waals surface area contributed by atoms with E-state index in [-0.39, 0.29) is 23.3 Å². The smallest absolute Gasteiger partial charge is 0.337 e. The zero-order valence-electron chi connectivity index (χ0n) is 14.4. The average Bonchev–Trinajstić information content (AvgIpc) is 2.84. The third kappa shape index (κ3) is 3.27. The molecule has 130 valence electrons. The van der Waals surface area contributed by atoms with Crippen LogP contribution < -0.4 is 5.32 Å². The maximum absolute atomic E-state index is 12.7. The van der Waals surface area contributed by atoms with Crippen molar-refractivity contribution in [3.63, 3.8) is 0 Å². The highest BCUT2D eigenvalue weighted by Crippen LogP contribution is 2.45. The molecule has 0 saturated heterocycles. The topological polar surface area (TPSA) is 55.4 Å². The minimum atomic E-state index is -0.385. The van der Waals surface area contributed by atoms with Crippen molar-refractivity contribution >= 4 is 23.5 Å². The summed E-state index contributed by atoms with van der Waals surface area (Å²) in [6, 6.07) is 12.3. The molecule has 0 fully saturated rings. The molecule has 0 saturated carbocycles. The summed E-state index contributed by atoms with van der Waals surface area (Å²) in [7, 11) is 1.36. The normalized spacial score (nSPS) is 17.7. The molecule has 0 aromatic heterocycles. The minimum absolute atomic E-state index is 0.173. The summed E-state index contributed by atoms with van der Waals surface area (Å²) in [5.74, 6) is -0.608. The summed E-state index contributed by atoms with van der Waals surface area (Å²) in [5.41, 5.74) is 2.83. The van der Waals surface area contributed by atoms with E-state index in [1.54, 1.807) is 30.3 Å². The van der Waals surface area contributed by atoms with E-state index < -0.39 is 0 Å². The number of esters is 1. The summed E-state index contributed by atoms with van der Waals surface area (Å²) < 4.78 is 4.81. The largest absolute Gasteiger partial charge is 0.465 e. The highest BCUT2D eigenvalue weighted by atomic mass is 35.5. The summed E-state index contributed by atoms with van der Waals surface area (Å²) in [6.07, 6.45) is 0.817. The molecule has 0 spiro atoms. The van der Waals surface area contributed by atoms with Crippen LogP contribution in [0.4, 0.5) is 0 Å². The fourth-order valence-corrected chi connectivity index (χ4v) is 3.63. The van der Waals surface area contributed by atoms with Crippen LogP contribution in [-0.2, 0) is 11.2 Å². The third-order valence-electron chi connectivity index (χ3n) is 4.70. The van der Waals surface area contributed by atoms with Crippen LogP contribution in [0.1, 0.15) is 51.7 Å². The van der Waals surface area contributed by atoms with Crippen molar-refractivity contribution in [3.8, 4) is 0 Å². The molecule has 0 radical (unpaired) electrons. The lowest BCUT2D eigenvalue weighted by atomic mass is 9.85. The zero-order valence-corrected chi connectivity index (χ0v) is 15.2. The van der Waals surface area contributed by atoms with Crippen LogP contribution >= 0.6 is 11.6 Å². The number of ether oxygens (including phenoxy) is 1. The van der Waals surface area contributed by atoms with Crippen molar-refractivity contribution in [1.29, 1.82) is 0 Å². The highest BCUT2D eigenvalue weighted by molar-refractivity contribution is 6.33. The number of nitrogens with one attached hydrogen (secondary N) is 1. The number of halogens is 1. The molecule has 0 heterocycles. The van der Waals surface area contributed by atoms with Crippen LogP contribution in [0.2, 0.25) is 5.02 Å². The number of rotatable bonds is 3. The van der Waals surface area contributed by atoms with Gasteiger partial charge in [-0.25, -0.2) is 4.79 Å². The Hall–Kier alpha value is -2.33. The second kappa shape index (κ2) is 6.52. The van der Waals surface area contributed by atoms with E-state index in [0.717, 1.165) is 17.5 Å². The van der Waals surface area contributed by atoms with Crippen molar-refractivity contribution in [2.24, 2.45) is 5.41 Å². The first-order valence-corrected chi connectivity index (χ1v) is 8.48. The first-order valence-electron chi connectivity index (χ1n) is 8.10. The molecule has 1 amide bonds. The molecule has 5 heteroatoms. The third-order valence-corrected chi connectivity index (χ3v) is 5.03. The van der Waals surface area contributed by atoms with Crippen LogP contribution in [0.15, 0.2) is 42.5 Å². The van der Waals surface area contributed by atoms with Crippen LogP contribution in [-0.4, -0.2) is 19.0 Å². The molecule has 1 atom stereocenters. The van der Waals surface area contributed by atoms with E-state index >= 15 is 0 Å². The van der Waals surface area contributed by atoms with Crippen molar-refractivity contribution in [2.45, 2.75) is 26.3 Å². The van der Waals surface area contributed by atoms with Gasteiger partial charge in [-0.2, -0.15) is 0 Å². The van der Waals surface area contributed by atoms with Gasteiger partial charge in [0.2, 0.25) is 0 Å². The maximum atomic E-state index is 12.7. The second-order valence-electron chi connectivity index (χ2n) is 6.96. The summed E-state index contributed by atoms with van der Waals surface area (Å²) in [5, 5.41) is 3.51. The van der Waals surface area contributed by atoms with E-state index in [0.29, 0.717) is 16.1 Å². The van der Waals surface area contributed by atoms with Crippen molar-refractivity contribution in [1.82, 2.24) is 5.32 Å². The molecule has 2 aromatic rings. The van der Waals surface area contributed by atoms with E-state index in [9.17, 15) is 9.59 Å². The van der Waals surface area contributed by atoms with Crippen LogP contribution in [0.25, 0.3) is 0 Å². The molecule has 0 bridgehead atoms. The summed E-state index contributed by atoms with van der Waals surface area (Å²) >= 11 is 6.14. The fourth-order valence-electron chi connectivity index (χ4n) is 3.41. The van der Waals surface area contributed by atoms with Gasteiger partial charge in [0.1, 0.15) is 0 Å². The van der Waals surface area contributed by atoms with E-state index in [1.165, 1.54) is 7.11 Å². The molecule has 1 N–H and O–H groups in total. The lowest BCUT2D eigenvalue weighted by molar-refractivity contribution is 0.0600. The first kappa shape index (κ1) is 17.5. The van der Waals surface area contributed by atoms with Gasteiger partial charge in [-0.05, 0) is 47.2 Å². The van der Waals surface area contributed by atoms with Crippen LogP contribution in [0.5, 0.6) is 0 Å². The van der Waals surface area contributed by atoms with Crippen LogP contribution in [0, 0.1) is 5.41 Å². The van der Waals surface area contributed by atoms with E-state index in [4.69, 9.17) is 16.3 Å². The number of hydrogen-bond donors (Lipinski definition) is 1. The molecule has 1 unspecified atom stereocenters. The molecule has 4 nitrogen and oxygen atoms in total. The van der Waals surface area contributed by atoms with E-state index in [2.05, 4.69) is 19.2 Å². The minimum Gasteiger partial charge on any atom is -0.465 e. The monoisotopic (exact) mass is 357 g/mol. The number of carbonyl (C=O) groups is 2. The van der Waals surface area contributed by atoms with Crippen molar-refractivity contribution in [3.05, 3.63) is 69.7 Å². The fraction of sp³-hybridized carbons (Fsp3) is 0.300. The van der Waals surface area contributed by atoms with E-state index in [1.807, 2.05) is 12.1 Å². The Kier molecular flexibility index (Phi) is 4.56. The van der Waals surface area contributed by atoms with Gasteiger partial charge in [-0.3, -0.25) is 4.79 Å². The SMILES string of the molecule is COC(=O)c1ccc2c(c1)C(NC(=O)c1ccccc1Cl)C(C)(C)C2. The molecule has 2 aromatic carbocycles. The Labute approximate surface area is 152 Å². The van der Waals surface area contributed by atoms with Gasteiger partial charge in [0, 0.05) is 0 Å². The van der Waals surface area contributed by atoms with Gasteiger partial charge in [-0.1, -0.05) is 43.6 Å². The molecule has 25 heavy (non-hydrogen) atoms. The molecule has 0 aliphatic heterocycles. The molecule has 1 aliphatic rings. The Morgan fingerprint density at radius 1 is 1.20 bits per heavy atom. The Balaban J connectivity index is 1.95. The van der Waals surface area contributed by atoms with Crippen molar-refractivity contribution < 1.29 is 14.3 Å². The number of hydrogen-bond acceptors (Lipinski definition) is 3. The number of benzene rings is 2. The number of amides is 1. The van der Waals surface area contributed by atoms with Gasteiger partial charge in [0.05, 0.1) is 29.3 Å². The van der Waals surface area contributed by atoms with Gasteiger partial charge in [0.15, 0.2) is 0 Å². The maximum Gasteiger partial charge on any atom is 0.337 e. The lowest BCUT2D eigenvalue weighted by Gasteiger charge is -2.28. The Morgan fingerprint density at radius 3 is 2.60 bits per heavy atom. The number of fused-ring (bicyclic) bond motifs is 1. The van der Waals surface area contributed by atoms with Gasteiger partial charge in [0.25, 0.3) is 5.91 Å². The first-order chi connectivity index (χ1) is 11.8. The zero-order chi connectivity index (χ0) is 18.2. The number of methoxy groups -OCH3 is 1. The molecule has 1 aliphatic carbocycles. The van der Waals surface area contributed by atoms with Gasteiger partial charge >= 0.3 is 5.97 Å². The Bertz CT molecular complexity index is 845. The van der Waals surface area contributed by atoms with Crippen LogP contribution in [0.3, 0.4) is 0 Å². The second-order valence-corrected chi connectivity index (χ2v) is 7.36. The van der Waals surface area contributed by atoms with Gasteiger partial charge < -0.3 is 10.1 Å². The quantitative estimate of drug-likeness (QED) is 0.838. The summed E-state index contributed by atoms with van der Waals surface area (Å²) in [4.78, 5) is 24.5. The predicted octanol–water partition coefficient (Wildman–Crippen LogP) is 4.18. The highest BCUT2D eigenvalue weighted by Gasteiger charge is 2.40. The molecular formula is C20H20ClNO3. The molecular weight excluding hydrogens is 338 g/mol. The summed E-state index contributed by atoms with van der Waals surface area (Å²) in [6.45, 7) is 4.20. The average molecular weight is 358 g/mol. The number of carbonyl (C=O) groups excluding carboxylic acids is 2. The lowest BCUT2D eigenvalue weighted by Crippen LogP contribution is -2.35. The van der Waals surface area contributed by atoms with Crippen molar-refractivity contribution in [2.75, 3.05) is 7.11 Å². The predicted molar refractivity (Wildman–Crippen MR) is 96.9 cm³/mol. The van der Waals surface area contributed by atoms with Gasteiger partial charge in [-0.15, -0.1) is 0 Å². The molecule has 3 rings (SSSR count). The standard InChI is InChI=1S/C20H20ClNO3/c1-20(2)11-13-9-8-12(19(24)25-3)10-15(13)17(20)22-18(23)14-6-4-5-7-16(14)21/h4-10,17H,11H2,1-3H3,(H,22,23).